The quantitative estimate of drug-likeness (QED) is 0.644. The zero-order valence-corrected chi connectivity index (χ0v) is 8.49. The Hall–Kier alpha value is 0.180. The van der Waals surface area contributed by atoms with Crippen molar-refractivity contribution in [2.75, 3.05) is 0 Å². The average Bonchev–Trinajstić information content (AvgIpc) is 1.98. The minimum absolute atomic E-state index is 0.0787. The fourth-order valence-corrected chi connectivity index (χ4v) is 2.07. The van der Waals surface area contributed by atoms with Gasteiger partial charge in [-0.05, 0) is 5.41 Å². The molecule has 1 aliphatic rings. The summed E-state index contributed by atoms with van der Waals surface area (Å²) < 4.78 is 12.4. The van der Waals surface area contributed by atoms with Gasteiger partial charge < -0.3 is 0 Å². The molecular weight excluding hydrogens is 202 g/mol. The van der Waals surface area contributed by atoms with Crippen LogP contribution >= 0.6 is 23.2 Å². The van der Waals surface area contributed by atoms with Gasteiger partial charge in [0.2, 0.25) is 0 Å². The van der Waals surface area contributed by atoms with Crippen molar-refractivity contribution >= 4 is 29.0 Å². The molecule has 0 saturated heterocycles. The van der Waals surface area contributed by atoms with Crippen molar-refractivity contribution in [3.05, 3.63) is 0 Å². The first kappa shape index (κ1) is 10.3. The lowest BCUT2D eigenvalue weighted by molar-refractivity contribution is -0.140. The SMILES string of the molecule is CC1(C)C(Cl)C(=O)C1CC(F)Cl. The predicted octanol–water partition coefficient (Wildman–Crippen LogP) is 2.74. The van der Waals surface area contributed by atoms with Gasteiger partial charge in [0, 0.05) is 12.3 Å². The molecule has 70 valence electrons. The monoisotopic (exact) mass is 212 g/mol. The molecule has 1 aliphatic carbocycles. The van der Waals surface area contributed by atoms with Crippen molar-refractivity contribution in [3.8, 4) is 0 Å². The number of carbonyl (C=O) groups excluding carboxylic acids is 1. The van der Waals surface area contributed by atoms with Crippen molar-refractivity contribution in [3.63, 3.8) is 0 Å². The molecule has 0 aromatic rings. The van der Waals surface area contributed by atoms with Gasteiger partial charge in [0.25, 0.3) is 0 Å². The average molecular weight is 213 g/mol. The second-order valence-corrected chi connectivity index (χ2v) is 4.68. The van der Waals surface area contributed by atoms with E-state index in [2.05, 4.69) is 0 Å². The van der Waals surface area contributed by atoms with Crippen LogP contribution in [0.5, 0.6) is 0 Å². The molecule has 3 unspecified atom stereocenters. The topological polar surface area (TPSA) is 17.1 Å². The second-order valence-electron chi connectivity index (χ2n) is 3.77. The summed E-state index contributed by atoms with van der Waals surface area (Å²) in [4.78, 5) is 11.2. The molecule has 0 amide bonds. The minimum Gasteiger partial charge on any atom is -0.298 e. The van der Waals surface area contributed by atoms with Crippen LogP contribution in [-0.4, -0.2) is 16.8 Å². The molecule has 3 atom stereocenters. The molecule has 1 rings (SSSR count). The van der Waals surface area contributed by atoms with Crippen LogP contribution in [0.2, 0.25) is 0 Å². The van der Waals surface area contributed by atoms with Gasteiger partial charge in [-0.2, -0.15) is 0 Å². The molecule has 0 bridgehead atoms. The largest absolute Gasteiger partial charge is 0.298 e. The first-order valence-corrected chi connectivity index (χ1v) is 4.70. The zero-order valence-electron chi connectivity index (χ0n) is 6.98. The standard InChI is InChI=1S/C8H11Cl2FO/c1-8(2)4(3-5(9)11)6(12)7(8)10/h4-5,7H,3H2,1-2H3. The molecular formula is C8H11Cl2FO. The molecule has 4 heteroatoms. The normalized spacial score (nSPS) is 35.9. The van der Waals surface area contributed by atoms with E-state index in [1.165, 1.54) is 0 Å². The molecule has 0 aliphatic heterocycles. The lowest BCUT2D eigenvalue weighted by Crippen LogP contribution is -2.56. The van der Waals surface area contributed by atoms with E-state index in [4.69, 9.17) is 23.2 Å². The summed E-state index contributed by atoms with van der Waals surface area (Å²) in [5, 5.41) is -0.474. The molecule has 1 fully saturated rings. The number of rotatable bonds is 2. The summed E-state index contributed by atoms with van der Waals surface area (Å²) in [6.07, 6.45) is 0.0800. The summed E-state index contributed by atoms with van der Waals surface area (Å²) in [5.41, 5.74) is -1.75. The van der Waals surface area contributed by atoms with E-state index < -0.39 is 11.0 Å². The Bertz CT molecular complexity index is 203. The first-order valence-electron chi connectivity index (χ1n) is 3.83. The molecule has 12 heavy (non-hydrogen) atoms. The van der Waals surface area contributed by atoms with Crippen molar-refractivity contribution in [2.24, 2.45) is 11.3 Å². The van der Waals surface area contributed by atoms with Crippen molar-refractivity contribution in [1.82, 2.24) is 0 Å². The fraction of sp³-hybridized carbons (Fsp3) is 0.875. The summed E-state index contributed by atoms with van der Waals surface area (Å²) in [6, 6.07) is 0. The number of hydrogen-bond donors (Lipinski definition) is 0. The van der Waals surface area contributed by atoms with Crippen molar-refractivity contribution in [2.45, 2.75) is 31.3 Å². The highest BCUT2D eigenvalue weighted by Gasteiger charge is 2.55. The number of halogens is 3. The van der Waals surface area contributed by atoms with Gasteiger partial charge in [0.15, 0.2) is 11.4 Å². The third-order valence-corrected chi connectivity index (χ3v) is 3.51. The van der Waals surface area contributed by atoms with E-state index in [1.54, 1.807) is 0 Å². The third-order valence-electron chi connectivity index (χ3n) is 2.56. The number of carbonyl (C=O) groups is 1. The number of alkyl halides is 3. The van der Waals surface area contributed by atoms with Crippen LogP contribution in [-0.2, 0) is 4.79 Å². The van der Waals surface area contributed by atoms with E-state index in [9.17, 15) is 9.18 Å². The molecule has 0 N–H and O–H groups in total. The third kappa shape index (κ3) is 1.47. The van der Waals surface area contributed by atoms with Crippen LogP contribution in [0.15, 0.2) is 0 Å². The van der Waals surface area contributed by atoms with Gasteiger partial charge in [-0.25, -0.2) is 4.39 Å². The van der Waals surface area contributed by atoms with Crippen molar-refractivity contribution in [1.29, 1.82) is 0 Å². The maximum absolute atomic E-state index is 12.4. The summed E-state index contributed by atoms with van der Waals surface area (Å²) in [6.45, 7) is 3.71. The first-order chi connectivity index (χ1) is 5.37. The lowest BCUT2D eigenvalue weighted by Gasteiger charge is -2.47. The fourth-order valence-electron chi connectivity index (χ4n) is 1.59. The van der Waals surface area contributed by atoms with E-state index in [0.717, 1.165) is 0 Å². The van der Waals surface area contributed by atoms with E-state index >= 15 is 0 Å². The molecule has 1 nitrogen and oxygen atoms in total. The molecule has 0 radical (unpaired) electrons. The highest BCUT2D eigenvalue weighted by molar-refractivity contribution is 6.34. The summed E-state index contributed by atoms with van der Waals surface area (Å²) >= 11 is 10.9. The van der Waals surface area contributed by atoms with E-state index in [0.29, 0.717) is 0 Å². The van der Waals surface area contributed by atoms with Gasteiger partial charge in [-0.1, -0.05) is 25.4 Å². The maximum atomic E-state index is 12.4. The molecule has 0 spiro atoms. The molecule has 0 heterocycles. The molecule has 0 aromatic carbocycles. The zero-order chi connectivity index (χ0) is 9.52. The lowest BCUT2D eigenvalue weighted by atomic mass is 9.60. The van der Waals surface area contributed by atoms with Crippen LogP contribution in [0.25, 0.3) is 0 Å². The van der Waals surface area contributed by atoms with Crippen molar-refractivity contribution < 1.29 is 9.18 Å². The van der Waals surface area contributed by atoms with Crippen LogP contribution < -0.4 is 0 Å². The van der Waals surface area contributed by atoms with Crippen LogP contribution in [0, 0.1) is 11.3 Å². The van der Waals surface area contributed by atoms with Gasteiger partial charge in [-0.3, -0.25) is 4.79 Å². The Balaban J connectivity index is 2.62. The summed E-state index contributed by atoms with van der Waals surface area (Å²) in [5.74, 6) is -0.391. The molecule has 0 aromatic heterocycles. The highest BCUT2D eigenvalue weighted by atomic mass is 35.5. The maximum Gasteiger partial charge on any atom is 0.174 e. The van der Waals surface area contributed by atoms with Gasteiger partial charge in [0.05, 0.1) is 5.38 Å². The Kier molecular flexibility index (Phi) is 2.69. The summed E-state index contributed by atoms with van der Waals surface area (Å²) in [7, 11) is 0. The number of hydrogen-bond acceptors (Lipinski definition) is 1. The van der Waals surface area contributed by atoms with Crippen LogP contribution in [0.4, 0.5) is 4.39 Å². The van der Waals surface area contributed by atoms with Gasteiger partial charge in [0.1, 0.15) is 0 Å². The minimum atomic E-state index is -1.44. The Morgan fingerprint density at radius 2 is 2.17 bits per heavy atom. The van der Waals surface area contributed by atoms with Crippen LogP contribution in [0.1, 0.15) is 20.3 Å². The van der Waals surface area contributed by atoms with E-state index in [1.807, 2.05) is 13.8 Å². The smallest absolute Gasteiger partial charge is 0.174 e. The second kappa shape index (κ2) is 3.15. The van der Waals surface area contributed by atoms with Gasteiger partial charge >= 0.3 is 0 Å². The van der Waals surface area contributed by atoms with E-state index in [-0.39, 0.29) is 23.5 Å². The highest BCUT2D eigenvalue weighted by Crippen LogP contribution is 2.49. The number of ketones is 1. The number of Topliss-reactive ketones (excluding diaryl/α,β-unsaturated/α-hetero) is 1. The Morgan fingerprint density at radius 1 is 1.67 bits per heavy atom. The Morgan fingerprint density at radius 3 is 2.50 bits per heavy atom. The van der Waals surface area contributed by atoms with Crippen LogP contribution in [0.3, 0.4) is 0 Å². The Labute approximate surface area is 81.2 Å². The van der Waals surface area contributed by atoms with Gasteiger partial charge in [-0.15, -0.1) is 11.6 Å². The molecule has 1 saturated carbocycles. The predicted molar refractivity (Wildman–Crippen MR) is 47.3 cm³/mol.